The van der Waals surface area contributed by atoms with Crippen molar-refractivity contribution >= 4 is 12.0 Å². The Kier molecular flexibility index (Phi) is 5.26. The summed E-state index contributed by atoms with van der Waals surface area (Å²) in [5, 5.41) is 7.06. The molecule has 1 N–H and O–H groups in total. The monoisotopic (exact) mass is 333 g/mol. The van der Waals surface area contributed by atoms with Crippen molar-refractivity contribution in [2.24, 2.45) is 0 Å². The minimum Gasteiger partial charge on any atom is -0.496 e. The Bertz CT molecular complexity index is 853. The Morgan fingerprint density at radius 3 is 2.68 bits per heavy atom. The predicted octanol–water partition coefficient (Wildman–Crippen LogP) is 3.21. The first-order valence-corrected chi connectivity index (χ1v) is 7.94. The maximum absolute atomic E-state index is 12.0. The van der Waals surface area contributed by atoms with Gasteiger partial charge in [0, 0.05) is 30.6 Å². The maximum Gasteiger partial charge on any atom is 0.244 e. The summed E-state index contributed by atoms with van der Waals surface area (Å²) in [5.74, 6) is 0.586. The van der Waals surface area contributed by atoms with E-state index in [1.165, 1.54) is 6.08 Å². The van der Waals surface area contributed by atoms with Gasteiger partial charge in [0.05, 0.1) is 12.8 Å². The van der Waals surface area contributed by atoms with Crippen LogP contribution in [0.2, 0.25) is 0 Å². The second kappa shape index (κ2) is 7.97. The summed E-state index contributed by atoms with van der Waals surface area (Å²) in [7, 11) is 1.61. The van der Waals surface area contributed by atoms with Crippen molar-refractivity contribution in [2.75, 3.05) is 7.11 Å². The van der Waals surface area contributed by atoms with Crippen LogP contribution in [0.5, 0.6) is 5.75 Å². The second-order valence-corrected chi connectivity index (χ2v) is 5.41. The zero-order valence-electron chi connectivity index (χ0n) is 13.9. The average Bonchev–Trinajstić information content (AvgIpc) is 3.20. The van der Waals surface area contributed by atoms with Gasteiger partial charge in [-0.25, -0.2) is 4.68 Å². The third-order valence-corrected chi connectivity index (χ3v) is 3.73. The standard InChI is InChI=1S/C20H19N3O2/c1-25-19-6-3-2-5-17(19)9-12-20(24)21-15-16-7-10-18(11-8-16)23-14-4-13-22-23/h2-14H,15H2,1H3,(H,21,24)/b12-9+. The molecule has 1 amide bonds. The molecular formula is C20H19N3O2. The first-order valence-electron chi connectivity index (χ1n) is 7.94. The average molecular weight is 333 g/mol. The van der Waals surface area contributed by atoms with E-state index in [0.717, 1.165) is 22.6 Å². The molecule has 5 heteroatoms. The normalized spacial score (nSPS) is 10.8. The molecule has 0 fully saturated rings. The Morgan fingerprint density at radius 2 is 1.96 bits per heavy atom. The van der Waals surface area contributed by atoms with Crippen molar-refractivity contribution in [3.05, 3.63) is 84.2 Å². The van der Waals surface area contributed by atoms with E-state index in [1.807, 2.05) is 60.8 Å². The molecule has 0 unspecified atom stereocenters. The molecule has 0 atom stereocenters. The fourth-order valence-electron chi connectivity index (χ4n) is 2.41. The smallest absolute Gasteiger partial charge is 0.244 e. The van der Waals surface area contributed by atoms with Gasteiger partial charge >= 0.3 is 0 Å². The van der Waals surface area contributed by atoms with Crippen molar-refractivity contribution < 1.29 is 9.53 Å². The highest BCUT2D eigenvalue weighted by molar-refractivity contribution is 5.92. The Labute approximate surface area is 146 Å². The SMILES string of the molecule is COc1ccccc1/C=C/C(=O)NCc1ccc(-n2cccn2)cc1. The highest BCUT2D eigenvalue weighted by Gasteiger charge is 2.01. The molecule has 0 radical (unpaired) electrons. The fourth-order valence-corrected chi connectivity index (χ4v) is 2.41. The van der Waals surface area contributed by atoms with Gasteiger partial charge in [0.25, 0.3) is 0 Å². The number of rotatable bonds is 6. The number of nitrogens with one attached hydrogen (secondary N) is 1. The molecule has 5 nitrogen and oxygen atoms in total. The quantitative estimate of drug-likeness (QED) is 0.705. The molecule has 1 aromatic heterocycles. The van der Waals surface area contributed by atoms with E-state index >= 15 is 0 Å². The van der Waals surface area contributed by atoms with Gasteiger partial charge in [-0.3, -0.25) is 4.79 Å². The summed E-state index contributed by atoms with van der Waals surface area (Å²) in [6, 6.07) is 17.3. The third-order valence-electron chi connectivity index (χ3n) is 3.73. The van der Waals surface area contributed by atoms with E-state index in [-0.39, 0.29) is 5.91 Å². The number of para-hydroxylation sites is 1. The maximum atomic E-state index is 12.0. The topological polar surface area (TPSA) is 56.1 Å². The molecule has 0 aliphatic heterocycles. The van der Waals surface area contributed by atoms with Crippen molar-refractivity contribution in [2.45, 2.75) is 6.54 Å². The van der Waals surface area contributed by atoms with Gasteiger partial charge in [0.2, 0.25) is 5.91 Å². The van der Waals surface area contributed by atoms with Crippen LogP contribution in [0.1, 0.15) is 11.1 Å². The van der Waals surface area contributed by atoms with Crippen LogP contribution in [0.3, 0.4) is 0 Å². The summed E-state index contributed by atoms with van der Waals surface area (Å²) >= 11 is 0. The highest BCUT2D eigenvalue weighted by Crippen LogP contribution is 2.18. The van der Waals surface area contributed by atoms with Crippen molar-refractivity contribution in [1.82, 2.24) is 15.1 Å². The zero-order valence-corrected chi connectivity index (χ0v) is 13.9. The summed E-state index contributed by atoms with van der Waals surface area (Å²) in [6.45, 7) is 0.467. The van der Waals surface area contributed by atoms with Crippen molar-refractivity contribution in [1.29, 1.82) is 0 Å². The van der Waals surface area contributed by atoms with E-state index in [1.54, 1.807) is 24.1 Å². The summed E-state index contributed by atoms with van der Waals surface area (Å²) in [6.07, 6.45) is 6.88. The van der Waals surface area contributed by atoms with Gasteiger partial charge in [-0.2, -0.15) is 5.10 Å². The molecule has 2 aromatic carbocycles. The molecule has 0 saturated heterocycles. The van der Waals surface area contributed by atoms with Crippen LogP contribution in [-0.2, 0) is 11.3 Å². The van der Waals surface area contributed by atoms with E-state index < -0.39 is 0 Å². The molecule has 25 heavy (non-hydrogen) atoms. The molecule has 3 rings (SSSR count). The highest BCUT2D eigenvalue weighted by atomic mass is 16.5. The Balaban J connectivity index is 1.56. The molecule has 3 aromatic rings. The molecule has 0 saturated carbocycles. The molecule has 0 aliphatic rings. The van der Waals surface area contributed by atoms with Crippen LogP contribution in [0, 0.1) is 0 Å². The van der Waals surface area contributed by atoms with Crippen LogP contribution in [-0.4, -0.2) is 22.8 Å². The van der Waals surface area contributed by atoms with Crippen LogP contribution < -0.4 is 10.1 Å². The number of amides is 1. The number of hydrogen-bond acceptors (Lipinski definition) is 3. The van der Waals surface area contributed by atoms with Gasteiger partial charge < -0.3 is 10.1 Å². The molecule has 0 bridgehead atoms. The predicted molar refractivity (Wildman–Crippen MR) is 97.4 cm³/mol. The number of hydrogen-bond donors (Lipinski definition) is 1. The molecule has 0 aliphatic carbocycles. The number of benzene rings is 2. The number of carbonyl (C=O) groups is 1. The van der Waals surface area contributed by atoms with Gasteiger partial charge in [0.1, 0.15) is 5.75 Å². The van der Waals surface area contributed by atoms with Crippen LogP contribution in [0.15, 0.2) is 73.1 Å². The van der Waals surface area contributed by atoms with Crippen LogP contribution >= 0.6 is 0 Å². The van der Waals surface area contributed by atoms with Gasteiger partial charge in [-0.1, -0.05) is 30.3 Å². The lowest BCUT2D eigenvalue weighted by atomic mass is 10.2. The number of carbonyl (C=O) groups excluding carboxylic acids is 1. The lowest BCUT2D eigenvalue weighted by Crippen LogP contribution is -2.20. The minimum atomic E-state index is -0.151. The first kappa shape index (κ1) is 16.5. The largest absolute Gasteiger partial charge is 0.496 e. The van der Waals surface area contributed by atoms with Gasteiger partial charge in [-0.05, 0) is 35.9 Å². The fraction of sp³-hybridized carbons (Fsp3) is 0.100. The van der Waals surface area contributed by atoms with Crippen LogP contribution in [0.25, 0.3) is 11.8 Å². The van der Waals surface area contributed by atoms with E-state index in [2.05, 4.69) is 10.4 Å². The Hall–Kier alpha value is -3.34. The van der Waals surface area contributed by atoms with E-state index in [4.69, 9.17) is 4.74 Å². The molecule has 126 valence electrons. The van der Waals surface area contributed by atoms with Crippen molar-refractivity contribution in [3.63, 3.8) is 0 Å². The number of ether oxygens (including phenoxy) is 1. The van der Waals surface area contributed by atoms with E-state index in [9.17, 15) is 4.79 Å². The number of methoxy groups -OCH3 is 1. The summed E-state index contributed by atoms with van der Waals surface area (Å²) in [5.41, 5.74) is 2.87. The summed E-state index contributed by atoms with van der Waals surface area (Å²) < 4.78 is 7.05. The molecule has 0 spiro atoms. The number of nitrogens with zero attached hydrogens (tertiary/aromatic N) is 2. The number of aromatic nitrogens is 2. The van der Waals surface area contributed by atoms with E-state index in [0.29, 0.717) is 6.54 Å². The summed E-state index contributed by atoms with van der Waals surface area (Å²) in [4.78, 5) is 12.0. The lowest BCUT2D eigenvalue weighted by molar-refractivity contribution is -0.116. The minimum absolute atomic E-state index is 0.151. The van der Waals surface area contributed by atoms with Gasteiger partial charge in [-0.15, -0.1) is 0 Å². The Morgan fingerprint density at radius 1 is 1.16 bits per heavy atom. The second-order valence-electron chi connectivity index (χ2n) is 5.41. The zero-order chi connectivity index (χ0) is 17.5. The van der Waals surface area contributed by atoms with Crippen molar-refractivity contribution in [3.8, 4) is 11.4 Å². The third kappa shape index (κ3) is 4.35. The molecular weight excluding hydrogens is 314 g/mol. The van der Waals surface area contributed by atoms with Gasteiger partial charge in [0.15, 0.2) is 0 Å². The molecule has 1 heterocycles. The first-order chi connectivity index (χ1) is 12.3. The lowest BCUT2D eigenvalue weighted by Gasteiger charge is -2.06. The van der Waals surface area contributed by atoms with Crippen LogP contribution in [0.4, 0.5) is 0 Å².